The fraction of sp³-hybridized carbons (Fsp3) is 0.138. The molecule has 0 fully saturated rings. The first-order chi connectivity index (χ1) is 18.9. The Morgan fingerprint density at radius 3 is 2.05 bits per heavy atom. The zero-order valence-electron chi connectivity index (χ0n) is 21.9. The summed E-state index contributed by atoms with van der Waals surface area (Å²) in [5, 5.41) is 0.751. The Morgan fingerprint density at radius 2 is 1.45 bits per heavy atom. The molecule has 0 aliphatic rings. The van der Waals surface area contributed by atoms with Crippen LogP contribution in [0, 0.1) is 0 Å². The second kappa shape index (κ2) is 11.8. The zero-order chi connectivity index (χ0) is 29.1. The Bertz CT molecular complexity index is 1640. The molecule has 1 N–H and O–H groups in total. The Kier molecular flexibility index (Phi) is 8.60. The monoisotopic (exact) mass is 596 g/mol. The minimum absolute atomic E-state index is 0.141. The molecule has 8 nitrogen and oxygen atoms in total. The van der Waals surface area contributed by atoms with Crippen LogP contribution >= 0.6 is 23.2 Å². The Balaban J connectivity index is 1.75. The van der Waals surface area contributed by atoms with Gasteiger partial charge in [0.2, 0.25) is 22.8 Å². The molecule has 1 heterocycles. The van der Waals surface area contributed by atoms with Crippen molar-refractivity contribution in [3.05, 3.63) is 95.1 Å². The first-order valence-corrected chi connectivity index (χ1v) is 14.3. The topological polar surface area (TPSA) is 99.7 Å². The fourth-order valence-corrected chi connectivity index (χ4v) is 6.02. The lowest BCUT2D eigenvalue weighted by Crippen LogP contribution is -2.40. The summed E-state index contributed by atoms with van der Waals surface area (Å²) in [6.45, 7) is 5.32. The van der Waals surface area contributed by atoms with E-state index in [2.05, 4.69) is 9.71 Å². The Morgan fingerprint density at radius 1 is 0.800 bits per heavy atom. The van der Waals surface area contributed by atoms with Crippen LogP contribution in [0.4, 0.5) is 22.9 Å². The quantitative estimate of drug-likeness (QED) is 0.216. The molecular formula is C29H26Cl2N4O4S. The molecule has 0 saturated heterocycles. The van der Waals surface area contributed by atoms with E-state index in [1.54, 1.807) is 99.6 Å². The lowest BCUT2D eigenvalue weighted by atomic mass is 10.0. The molecule has 0 aliphatic carbocycles. The summed E-state index contributed by atoms with van der Waals surface area (Å²) in [5.74, 6) is 0.283. The van der Waals surface area contributed by atoms with E-state index in [9.17, 15) is 18.0 Å². The molecule has 0 radical (unpaired) electrons. The van der Waals surface area contributed by atoms with Crippen LogP contribution in [0.3, 0.4) is 0 Å². The number of amides is 2. The average Bonchev–Trinajstić information content (AvgIpc) is 2.91. The number of hydrogen-bond acceptors (Lipinski definition) is 5. The van der Waals surface area contributed by atoms with Crippen LogP contribution in [-0.4, -0.2) is 31.8 Å². The highest BCUT2D eigenvalue weighted by molar-refractivity contribution is 7.89. The third kappa shape index (κ3) is 6.51. The highest BCUT2D eigenvalue weighted by atomic mass is 35.5. The second-order valence-corrected chi connectivity index (χ2v) is 12.3. The molecule has 1 aromatic heterocycles. The predicted octanol–water partition coefficient (Wildman–Crippen LogP) is 6.72. The number of rotatable bonds is 9. The van der Waals surface area contributed by atoms with Crippen LogP contribution in [0.5, 0.6) is 0 Å². The number of pyridine rings is 1. The van der Waals surface area contributed by atoms with Crippen LogP contribution in [0.2, 0.25) is 10.0 Å². The lowest BCUT2D eigenvalue weighted by molar-refractivity contribution is -0.107. The summed E-state index contributed by atoms with van der Waals surface area (Å²) in [6.07, 6.45) is 2.59. The maximum Gasteiger partial charge on any atom is 0.241 e. The highest BCUT2D eigenvalue weighted by Gasteiger charge is 2.25. The highest BCUT2D eigenvalue weighted by Crippen LogP contribution is 2.39. The third-order valence-corrected chi connectivity index (χ3v) is 7.97. The molecule has 40 heavy (non-hydrogen) atoms. The summed E-state index contributed by atoms with van der Waals surface area (Å²) in [5.41, 5.74) is 1.65. The van der Waals surface area contributed by atoms with Crippen LogP contribution in [-0.2, 0) is 19.6 Å². The van der Waals surface area contributed by atoms with Crippen molar-refractivity contribution in [3.63, 3.8) is 0 Å². The minimum atomic E-state index is -3.80. The van der Waals surface area contributed by atoms with E-state index in [-0.39, 0.29) is 10.7 Å². The molecular weight excluding hydrogens is 571 g/mol. The van der Waals surface area contributed by atoms with Crippen molar-refractivity contribution >= 4 is 68.9 Å². The van der Waals surface area contributed by atoms with Crippen molar-refractivity contribution in [2.45, 2.75) is 31.2 Å². The Labute approximate surface area is 243 Å². The Hall–Kier alpha value is -3.76. The van der Waals surface area contributed by atoms with Crippen LogP contribution in [0.25, 0.3) is 11.1 Å². The molecule has 0 bridgehead atoms. The van der Waals surface area contributed by atoms with E-state index in [4.69, 9.17) is 23.2 Å². The van der Waals surface area contributed by atoms with Gasteiger partial charge in [-0.1, -0.05) is 53.5 Å². The van der Waals surface area contributed by atoms with Crippen molar-refractivity contribution in [2.24, 2.45) is 0 Å². The van der Waals surface area contributed by atoms with Gasteiger partial charge in [0.15, 0.2) is 0 Å². The lowest BCUT2D eigenvalue weighted by Gasteiger charge is -2.26. The van der Waals surface area contributed by atoms with Crippen molar-refractivity contribution < 1.29 is 18.0 Å². The maximum absolute atomic E-state index is 13.1. The summed E-state index contributed by atoms with van der Waals surface area (Å²) in [7, 11) is -3.80. The van der Waals surface area contributed by atoms with E-state index in [1.165, 1.54) is 16.0 Å². The summed E-state index contributed by atoms with van der Waals surface area (Å²) < 4.78 is 28.9. The minimum Gasteiger partial charge on any atom is -0.282 e. The third-order valence-electron chi connectivity index (χ3n) is 5.70. The molecule has 0 saturated carbocycles. The van der Waals surface area contributed by atoms with Gasteiger partial charge in [-0.3, -0.25) is 19.4 Å². The predicted molar refractivity (Wildman–Crippen MR) is 159 cm³/mol. The van der Waals surface area contributed by atoms with Gasteiger partial charge in [0.05, 0.1) is 21.3 Å². The molecule has 3 aromatic carbocycles. The summed E-state index contributed by atoms with van der Waals surface area (Å²) >= 11 is 12.2. The number of aromatic nitrogens is 1. The van der Waals surface area contributed by atoms with E-state index in [0.29, 0.717) is 51.1 Å². The van der Waals surface area contributed by atoms with Crippen molar-refractivity contribution in [2.75, 3.05) is 9.80 Å². The molecule has 2 amide bonds. The first kappa shape index (κ1) is 29.2. The number of sulfonamides is 1. The normalized spacial score (nSPS) is 11.6. The van der Waals surface area contributed by atoms with Gasteiger partial charge in [-0.05, 0) is 74.9 Å². The van der Waals surface area contributed by atoms with Gasteiger partial charge in [0.25, 0.3) is 0 Å². The van der Waals surface area contributed by atoms with Crippen LogP contribution in [0.15, 0.2) is 90.0 Å². The van der Waals surface area contributed by atoms with E-state index in [0.717, 1.165) is 0 Å². The molecule has 11 heteroatoms. The number of hydrogen-bond donors (Lipinski definition) is 1. The van der Waals surface area contributed by atoms with Gasteiger partial charge < -0.3 is 0 Å². The van der Waals surface area contributed by atoms with Crippen LogP contribution in [0.1, 0.15) is 20.8 Å². The number of carbonyl (C=O) groups excluding carboxylic acids is 2. The summed E-state index contributed by atoms with van der Waals surface area (Å²) in [4.78, 5) is 31.5. The van der Waals surface area contributed by atoms with E-state index < -0.39 is 15.6 Å². The van der Waals surface area contributed by atoms with Crippen molar-refractivity contribution in [3.8, 4) is 11.1 Å². The number of benzene rings is 3. The number of halogens is 2. The average molecular weight is 598 g/mol. The molecule has 0 unspecified atom stereocenters. The van der Waals surface area contributed by atoms with Gasteiger partial charge in [-0.15, -0.1) is 0 Å². The second-order valence-electron chi connectivity index (χ2n) is 9.82. The van der Waals surface area contributed by atoms with Gasteiger partial charge in [-0.2, -0.15) is 0 Å². The zero-order valence-corrected chi connectivity index (χ0v) is 24.2. The number of nitrogens with one attached hydrogen (secondary N) is 1. The fourth-order valence-electron chi connectivity index (χ4n) is 4.09. The maximum atomic E-state index is 13.1. The largest absolute Gasteiger partial charge is 0.282 e. The smallest absolute Gasteiger partial charge is 0.241 e. The standard InChI is InChI=1S/C29H26Cl2N4O4S/c1-29(2,3)33-40(38,39)27-7-5-4-6-24(27)20-8-12-23(13-9-20)34(18-36)25-14-10-21(30)16-26(25)35(19-37)28-15-11-22(31)17-32-28/h4-19,33H,1-3H3. The molecule has 4 aromatic rings. The molecule has 0 aliphatic heterocycles. The molecule has 4 rings (SSSR count). The number of anilines is 4. The van der Waals surface area contributed by atoms with E-state index in [1.807, 2.05) is 0 Å². The SMILES string of the molecule is CC(C)(C)NS(=O)(=O)c1ccccc1-c1ccc(N(C=O)c2ccc(Cl)cc2N(C=O)c2ccc(Cl)cn2)cc1. The summed E-state index contributed by atoms with van der Waals surface area (Å²) in [6, 6.07) is 21.5. The van der Waals surface area contributed by atoms with Crippen molar-refractivity contribution in [1.82, 2.24) is 9.71 Å². The van der Waals surface area contributed by atoms with Gasteiger partial charge in [0.1, 0.15) is 5.82 Å². The van der Waals surface area contributed by atoms with Gasteiger partial charge >= 0.3 is 0 Å². The molecule has 206 valence electrons. The van der Waals surface area contributed by atoms with Gasteiger partial charge in [-0.25, -0.2) is 18.1 Å². The van der Waals surface area contributed by atoms with Gasteiger partial charge in [0, 0.05) is 28.0 Å². The van der Waals surface area contributed by atoms with Crippen LogP contribution < -0.4 is 14.5 Å². The molecule has 0 spiro atoms. The number of carbonyl (C=O) groups is 2. The van der Waals surface area contributed by atoms with Crippen molar-refractivity contribution in [1.29, 1.82) is 0 Å². The van der Waals surface area contributed by atoms with E-state index >= 15 is 0 Å². The number of nitrogens with zero attached hydrogens (tertiary/aromatic N) is 3. The first-order valence-electron chi connectivity index (χ1n) is 12.1. The molecule has 0 atom stereocenters.